The maximum absolute atomic E-state index is 12.1. The topological polar surface area (TPSA) is 20.3 Å². The van der Waals surface area contributed by atoms with Crippen LogP contribution < -0.4 is 0 Å². The zero-order chi connectivity index (χ0) is 13.8. The first-order chi connectivity index (χ1) is 9.06. The van der Waals surface area contributed by atoms with Crippen LogP contribution in [-0.4, -0.2) is 30.3 Å². The van der Waals surface area contributed by atoms with Crippen molar-refractivity contribution in [3.05, 3.63) is 34.9 Å². The Kier molecular flexibility index (Phi) is 5.00. The molecule has 0 aromatic heterocycles. The van der Waals surface area contributed by atoms with Gasteiger partial charge in [0.2, 0.25) is 0 Å². The molecule has 1 atom stereocenters. The van der Waals surface area contributed by atoms with E-state index in [1.807, 2.05) is 12.1 Å². The van der Waals surface area contributed by atoms with Crippen LogP contribution >= 0.6 is 11.6 Å². The fourth-order valence-corrected chi connectivity index (χ4v) is 2.87. The van der Waals surface area contributed by atoms with Gasteiger partial charge in [-0.15, -0.1) is 0 Å². The maximum atomic E-state index is 12.1. The lowest BCUT2D eigenvalue weighted by molar-refractivity contribution is 0.0968. The second kappa shape index (κ2) is 6.53. The molecular formula is C16H22ClNO. The number of nitrogens with zero attached hydrogens (tertiary/aromatic N) is 1. The lowest BCUT2D eigenvalue weighted by atomic mass is 9.95. The third kappa shape index (κ3) is 4.05. The maximum Gasteiger partial charge on any atom is 0.164 e. The van der Waals surface area contributed by atoms with Gasteiger partial charge in [-0.25, -0.2) is 0 Å². The van der Waals surface area contributed by atoms with Crippen LogP contribution in [0, 0.1) is 11.8 Å². The third-order valence-electron chi connectivity index (χ3n) is 4.05. The quantitative estimate of drug-likeness (QED) is 0.762. The number of ketones is 1. The van der Waals surface area contributed by atoms with Crippen molar-refractivity contribution in [2.45, 2.75) is 26.7 Å². The molecule has 1 saturated heterocycles. The number of hydrogen-bond donors (Lipinski definition) is 0. The van der Waals surface area contributed by atoms with Crippen molar-refractivity contribution in [2.75, 3.05) is 19.6 Å². The Bertz CT molecular complexity index is 444. The Morgan fingerprint density at radius 3 is 2.89 bits per heavy atom. The molecular weight excluding hydrogens is 258 g/mol. The lowest BCUT2D eigenvalue weighted by Gasteiger charge is -2.17. The van der Waals surface area contributed by atoms with E-state index in [2.05, 4.69) is 18.7 Å². The minimum atomic E-state index is 0.190. The number of likely N-dealkylation sites (tertiary alicyclic amines) is 1. The summed E-state index contributed by atoms with van der Waals surface area (Å²) in [5.74, 6) is 1.73. The standard InChI is InChI=1S/C16H22ClNO/c1-12(2)14-6-8-18(11-14)9-7-16(19)13-4-3-5-15(17)10-13/h3-5,10,12,14H,6-9,11H2,1-2H3. The van der Waals surface area contributed by atoms with Crippen molar-refractivity contribution in [1.29, 1.82) is 0 Å². The second-order valence-electron chi connectivity index (χ2n) is 5.78. The molecule has 0 aliphatic carbocycles. The molecule has 1 aliphatic rings. The van der Waals surface area contributed by atoms with Crippen molar-refractivity contribution in [3.63, 3.8) is 0 Å². The first-order valence-electron chi connectivity index (χ1n) is 7.07. The van der Waals surface area contributed by atoms with Crippen LogP contribution in [0.25, 0.3) is 0 Å². The molecule has 3 heteroatoms. The van der Waals surface area contributed by atoms with Crippen LogP contribution in [0.1, 0.15) is 37.0 Å². The van der Waals surface area contributed by atoms with E-state index in [4.69, 9.17) is 11.6 Å². The van der Waals surface area contributed by atoms with Gasteiger partial charge in [0.1, 0.15) is 0 Å². The van der Waals surface area contributed by atoms with E-state index >= 15 is 0 Å². The number of Topliss-reactive ketones (excluding diaryl/α,β-unsaturated/α-hetero) is 1. The van der Waals surface area contributed by atoms with E-state index in [9.17, 15) is 4.79 Å². The predicted octanol–water partition coefficient (Wildman–Crippen LogP) is 3.89. The van der Waals surface area contributed by atoms with E-state index in [-0.39, 0.29) is 5.78 Å². The van der Waals surface area contributed by atoms with Crippen molar-refractivity contribution in [2.24, 2.45) is 11.8 Å². The van der Waals surface area contributed by atoms with E-state index in [1.54, 1.807) is 12.1 Å². The van der Waals surface area contributed by atoms with Gasteiger partial charge in [0.25, 0.3) is 0 Å². The molecule has 0 bridgehead atoms. The molecule has 0 N–H and O–H groups in total. The van der Waals surface area contributed by atoms with E-state index in [1.165, 1.54) is 6.42 Å². The van der Waals surface area contributed by atoms with Gasteiger partial charge in [-0.3, -0.25) is 4.79 Å². The molecule has 1 aromatic rings. The zero-order valence-corrected chi connectivity index (χ0v) is 12.5. The number of benzene rings is 1. The average molecular weight is 280 g/mol. The van der Waals surface area contributed by atoms with Gasteiger partial charge in [0, 0.05) is 30.1 Å². The van der Waals surface area contributed by atoms with Gasteiger partial charge >= 0.3 is 0 Å². The molecule has 1 heterocycles. The molecule has 104 valence electrons. The van der Waals surface area contributed by atoms with Crippen molar-refractivity contribution >= 4 is 17.4 Å². The van der Waals surface area contributed by atoms with Crippen LogP contribution in [0.15, 0.2) is 24.3 Å². The summed E-state index contributed by atoms with van der Waals surface area (Å²) in [6.07, 6.45) is 1.86. The molecule has 2 nitrogen and oxygen atoms in total. The molecule has 0 radical (unpaired) electrons. The van der Waals surface area contributed by atoms with Crippen LogP contribution in [0.3, 0.4) is 0 Å². The van der Waals surface area contributed by atoms with Gasteiger partial charge in [0.15, 0.2) is 5.78 Å². The highest BCUT2D eigenvalue weighted by Gasteiger charge is 2.24. The number of hydrogen-bond acceptors (Lipinski definition) is 2. The van der Waals surface area contributed by atoms with Crippen molar-refractivity contribution in [3.8, 4) is 0 Å². The lowest BCUT2D eigenvalue weighted by Crippen LogP contribution is -2.24. The largest absolute Gasteiger partial charge is 0.303 e. The van der Waals surface area contributed by atoms with Crippen LogP contribution in [0.5, 0.6) is 0 Å². The van der Waals surface area contributed by atoms with E-state index in [0.29, 0.717) is 11.4 Å². The highest BCUT2D eigenvalue weighted by Crippen LogP contribution is 2.23. The molecule has 0 saturated carbocycles. The van der Waals surface area contributed by atoms with E-state index < -0.39 is 0 Å². The normalized spacial score (nSPS) is 20.1. The van der Waals surface area contributed by atoms with Crippen LogP contribution in [0.2, 0.25) is 5.02 Å². The predicted molar refractivity (Wildman–Crippen MR) is 79.8 cm³/mol. The van der Waals surface area contributed by atoms with E-state index in [0.717, 1.165) is 37.0 Å². The van der Waals surface area contributed by atoms with Crippen LogP contribution in [-0.2, 0) is 0 Å². The van der Waals surface area contributed by atoms with Gasteiger partial charge in [-0.2, -0.15) is 0 Å². The van der Waals surface area contributed by atoms with Gasteiger partial charge in [0.05, 0.1) is 0 Å². The fourth-order valence-electron chi connectivity index (χ4n) is 2.68. The minimum Gasteiger partial charge on any atom is -0.303 e. The molecule has 1 fully saturated rings. The summed E-state index contributed by atoms with van der Waals surface area (Å²) in [7, 11) is 0. The fraction of sp³-hybridized carbons (Fsp3) is 0.562. The Morgan fingerprint density at radius 1 is 1.47 bits per heavy atom. The SMILES string of the molecule is CC(C)C1CCN(CCC(=O)c2cccc(Cl)c2)C1. The molecule has 0 spiro atoms. The molecule has 0 amide bonds. The Hall–Kier alpha value is -0.860. The number of carbonyl (C=O) groups excluding carboxylic acids is 1. The Balaban J connectivity index is 1.82. The van der Waals surface area contributed by atoms with Gasteiger partial charge < -0.3 is 4.90 Å². The first-order valence-corrected chi connectivity index (χ1v) is 7.45. The second-order valence-corrected chi connectivity index (χ2v) is 6.21. The summed E-state index contributed by atoms with van der Waals surface area (Å²) in [5.41, 5.74) is 0.729. The summed E-state index contributed by atoms with van der Waals surface area (Å²) < 4.78 is 0. The smallest absolute Gasteiger partial charge is 0.164 e. The number of rotatable bonds is 5. The van der Waals surface area contributed by atoms with Crippen molar-refractivity contribution in [1.82, 2.24) is 4.90 Å². The summed E-state index contributed by atoms with van der Waals surface area (Å²) >= 11 is 5.91. The molecule has 19 heavy (non-hydrogen) atoms. The Labute approximate surface area is 120 Å². The van der Waals surface area contributed by atoms with Crippen LogP contribution in [0.4, 0.5) is 0 Å². The molecule has 1 aliphatic heterocycles. The molecule has 1 aromatic carbocycles. The monoisotopic (exact) mass is 279 g/mol. The number of halogens is 1. The zero-order valence-electron chi connectivity index (χ0n) is 11.7. The third-order valence-corrected chi connectivity index (χ3v) is 4.29. The molecule has 1 unspecified atom stereocenters. The summed E-state index contributed by atoms with van der Waals surface area (Å²) in [4.78, 5) is 14.5. The first kappa shape index (κ1) is 14.5. The summed E-state index contributed by atoms with van der Waals surface area (Å²) in [6, 6.07) is 7.23. The highest BCUT2D eigenvalue weighted by atomic mass is 35.5. The summed E-state index contributed by atoms with van der Waals surface area (Å²) in [6.45, 7) is 7.71. The average Bonchev–Trinajstić information content (AvgIpc) is 2.85. The summed E-state index contributed by atoms with van der Waals surface area (Å²) in [5, 5.41) is 0.631. The van der Waals surface area contributed by atoms with Gasteiger partial charge in [-0.1, -0.05) is 37.6 Å². The van der Waals surface area contributed by atoms with Gasteiger partial charge in [-0.05, 0) is 36.9 Å². The highest BCUT2D eigenvalue weighted by molar-refractivity contribution is 6.31. The van der Waals surface area contributed by atoms with Crippen molar-refractivity contribution < 1.29 is 4.79 Å². The Morgan fingerprint density at radius 2 is 2.26 bits per heavy atom. The minimum absolute atomic E-state index is 0.190. The number of carbonyl (C=O) groups is 1. The molecule has 2 rings (SSSR count).